The molecule has 20 heavy (non-hydrogen) atoms. The Morgan fingerprint density at radius 2 is 1.75 bits per heavy atom. The second-order valence-corrected chi connectivity index (χ2v) is 4.40. The van der Waals surface area contributed by atoms with Gasteiger partial charge in [0.15, 0.2) is 0 Å². The van der Waals surface area contributed by atoms with E-state index in [4.69, 9.17) is 0 Å². The maximum absolute atomic E-state index is 11.1. The minimum Gasteiger partial charge on any atom is -0.358 e. The smallest absolute Gasteiger partial charge is 0.292 e. The van der Waals surface area contributed by atoms with Gasteiger partial charge in [-0.1, -0.05) is 48.5 Å². The molecule has 0 saturated carbocycles. The first-order valence-electron chi connectivity index (χ1n) is 6.35. The van der Waals surface area contributed by atoms with Gasteiger partial charge in [0, 0.05) is 19.2 Å². The fourth-order valence-corrected chi connectivity index (χ4v) is 2.09. The minimum absolute atomic E-state index is 0.116. The highest BCUT2D eigenvalue weighted by atomic mass is 16.6. The number of rotatable bonds is 6. The van der Waals surface area contributed by atoms with E-state index in [0.717, 1.165) is 5.56 Å². The van der Waals surface area contributed by atoms with Crippen molar-refractivity contribution in [1.82, 2.24) is 0 Å². The average molecular weight is 268 g/mol. The predicted octanol–water partition coefficient (Wildman–Crippen LogP) is 3.79. The zero-order chi connectivity index (χ0) is 14.4. The Labute approximate surface area is 118 Å². The summed E-state index contributed by atoms with van der Waals surface area (Å²) in [5.41, 5.74) is 1.83. The normalized spacial score (nSPS) is 10.0. The van der Waals surface area contributed by atoms with Crippen molar-refractivity contribution in [2.75, 3.05) is 11.4 Å². The van der Waals surface area contributed by atoms with Gasteiger partial charge in [0.25, 0.3) is 5.69 Å². The number of nitro benzene ring substituents is 1. The monoisotopic (exact) mass is 268 g/mol. The molecule has 0 atom stereocenters. The Morgan fingerprint density at radius 3 is 2.40 bits per heavy atom. The predicted molar refractivity (Wildman–Crippen MR) is 80.8 cm³/mol. The number of nitro groups is 1. The Kier molecular flexibility index (Phi) is 4.50. The third-order valence-corrected chi connectivity index (χ3v) is 2.98. The van der Waals surface area contributed by atoms with Crippen LogP contribution >= 0.6 is 0 Å². The van der Waals surface area contributed by atoms with Crippen molar-refractivity contribution < 1.29 is 4.92 Å². The molecule has 0 aromatic heterocycles. The van der Waals surface area contributed by atoms with Gasteiger partial charge < -0.3 is 4.90 Å². The molecule has 0 saturated heterocycles. The third-order valence-electron chi connectivity index (χ3n) is 2.98. The molecule has 0 fully saturated rings. The van der Waals surface area contributed by atoms with Crippen LogP contribution in [-0.4, -0.2) is 11.5 Å². The molecule has 0 aliphatic heterocycles. The molecule has 4 heteroatoms. The molecule has 0 radical (unpaired) electrons. The Balaban J connectivity index is 2.33. The molecule has 0 aliphatic rings. The molecular weight excluding hydrogens is 252 g/mol. The maximum Gasteiger partial charge on any atom is 0.292 e. The number of hydrogen-bond acceptors (Lipinski definition) is 3. The molecular formula is C16H16N2O2. The molecule has 0 bridgehead atoms. The average Bonchev–Trinajstić information content (AvgIpc) is 2.48. The van der Waals surface area contributed by atoms with Gasteiger partial charge in [-0.25, -0.2) is 0 Å². The van der Waals surface area contributed by atoms with Crippen molar-refractivity contribution >= 4 is 11.4 Å². The van der Waals surface area contributed by atoms with Crippen molar-refractivity contribution in [1.29, 1.82) is 0 Å². The lowest BCUT2D eigenvalue weighted by Gasteiger charge is -2.23. The summed E-state index contributed by atoms with van der Waals surface area (Å²) in [7, 11) is 0. The highest BCUT2D eigenvalue weighted by Gasteiger charge is 2.17. The largest absolute Gasteiger partial charge is 0.358 e. The van der Waals surface area contributed by atoms with Crippen LogP contribution in [0.25, 0.3) is 0 Å². The summed E-state index contributed by atoms with van der Waals surface area (Å²) < 4.78 is 0. The molecule has 4 nitrogen and oxygen atoms in total. The van der Waals surface area contributed by atoms with Crippen LogP contribution in [0.2, 0.25) is 0 Å². The summed E-state index contributed by atoms with van der Waals surface area (Å²) in [6.45, 7) is 4.89. The first-order chi connectivity index (χ1) is 9.72. The van der Waals surface area contributed by atoms with Gasteiger partial charge in [-0.15, -0.1) is 6.58 Å². The van der Waals surface area contributed by atoms with Crippen LogP contribution in [-0.2, 0) is 6.54 Å². The topological polar surface area (TPSA) is 46.4 Å². The van der Waals surface area contributed by atoms with E-state index < -0.39 is 0 Å². The van der Waals surface area contributed by atoms with Crippen LogP contribution < -0.4 is 4.90 Å². The number of para-hydroxylation sites is 2. The molecule has 0 aliphatic carbocycles. The summed E-state index contributed by atoms with van der Waals surface area (Å²) in [5.74, 6) is 0. The van der Waals surface area contributed by atoms with E-state index in [0.29, 0.717) is 18.8 Å². The van der Waals surface area contributed by atoms with Gasteiger partial charge >= 0.3 is 0 Å². The Hall–Kier alpha value is -2.62. The van der Waals surface area contributed by atoms with E-state index in [9.17, 15) is 10.1 Å². The molecule has 0 heterocycles. The van der Waals surface area contributed by atoms with Crippen LogP contribution in [0.5, 0.6) is 0 Å². The van der Waals surface area contributed by atoms with E-state index in [2.05, 4.69) is 6.58 Å². The second-order valence-electron chi connectivity index (χ2n) is 4.40. The highest BCUT2D eigenvalue weighted by molar-refractivity contribution is 5.63. The first-order valence-corrected chi connectivity index (χ1v) is 6.35. The Morgan fingerprint density at radius 1 is 1.10 bits per heavy atom. The standard InChI is InChI=1S/C16H16N2O2/c1-2-12-17(13-14-8-4-3-5-9-14)15-10-6-7-11-16(15)18(19)20/h2-11H,1,12-13H2. The van der Waals surface area contributed by atoms with Crippen molar-refractivity contribution in [3.05, 3.63) is 82.9 Å². The highest BCUT2D eigenvalue weighted by Crippen LogP contribution is 2.28. The van der Waals surface area contributed by atoms with Gasteiger partial charge in [-0.3, -0.25) is 10.1 Å². The maximum atomic E-state index is 11.1. The molecule has 2 rings (SSSR count). The number of nitrogens with zero attached hydrogens (tertiary/aromatic N) is 2. The summed E-state index contributed by atoms with van der Waals surface area (Å²) in [4.78, 5) is 12.7. The zero-order valence-electron chi connectivity index (χ0n) is 11.1. The SMILES string of the molecule is C=CCN(Cc1ccccc1)c1ccccc1[N+](=O)[O-]. The van der Waals surface area contributed by atoms with E-state index >= 15 is 0 Å². The van der Waals surface area contributed by atoms with Crippen LogP contribution in [0.3, 0.4) is 0 Å². The van der Waals surface area contributed by atoms with E-state index in [1.165, 1.54) is 6.07 Å². The van der Waals surface area contributed by atoms with Gasteiger partial charge in [-0.2, -0.15) is 0 Å². The lowest BCUT2D eigenvalue weighted by atomic mass is 10.2. The van der Waals surface area contributed by atoms with Crippen molar-refractivity contribution in [3.8, 4) is 0 Å². The van der Waals surface area contributed by atoms with Gasteiger partial charge in [0.2, 0.25) is 0 Å². The van der Waals surface area contributed by atoms with E-state index in [-0.39, 0.29) is 10.6 Å². The summed E-state index contributed by atoms with van der Waals surface area (Å²) >= 11 is 0. The lowest BCUT2D eigenvalue weighted by Crippen LogP contribution is -2.23. The summed E-state index contributed by atoms with van der Waals surface area (Å²) in [6.07, 6.45) is 1.75. The van der Waals surface area contributed by atoms with Crippen LogP contribution in [0.15, 0.2) is 67.3 Å². The fourth-order valence-electron chi connectivity index (χ4n) is 2.09. The Bertz CT molecular complexity index is 596. The van der Waals surface area contributed by atoms with E-state index in [1.54, 1.807) is 18.2 Å². The van der Waals surface area contributed by atoms with Gasteiger partial charge in [0.1, 0.15) is 5.69 Å². The second kappa shape index (κ2) is 6.52. The molecule has 0 spiro atoms. The number of anilines is 1. The van der Waals surface area contributed by atoms with Gasteiger partial charge in [0.05, 0.1) is 4.92 Å². The van der Waals surface area contributed by atoms with Crippen molar-refractivity contribution in [3.63, 3.8) is 0 Å². The van der Waals surface area contributed by atoms with Crippen LogP contribution in [0.4, 0.5) is 11.4 Å². The fraction of sp³-hybridized carbons (Fsp3) is 0.125. The third kappa shape index (κ3) is 3.23. The molecule has 0 N–H and O–H groups in total. The molecule has 0 unspecified atom stereocenters. The summed E-state index contributed by atoms with van der Waals surface area (Å²) in [5, 5.41) is 11.1. The van der Waals surface area contributed by atoms with Crippen molar-refractivity contribution in [2.24, 2.45) is 0 Å². The quantitative estimate of drug-likeness (QED) is 0.455. The minimum atomic E-state index is -0.351. The molecule has 2 aromatic rings. The molecule has 0 amide bonds. The van der Waals surface area contributed by atoms with Crippen LogP contribution in [0, 0.1) is 10.1 Å². The summed E-state index contributed by atoms with van der Waals surface area (Å²) in [6, 6.07) is 16.7. The van der Waals surface area contributed by atoms with Crippen LogP contribution in [0.1, 0.15) is 5.56 Å². The number of benzene rings is 2. The van der Waals surface area contributed by atoms with Gasteiger partial charge in [-0.05, 0) is 11.6 Å². The zero-order valence-corrected chi connectivity index (χ0v) is 11.1. The first kappa shape index (κ1) is 13.8. The lowest BCUT2D eigenvalue weighted by molar-refractivity contribution is -0.384. The van der Waals surface area contributed by atoms with Crippen molar-refractivity contribution in [2.45, 2.75) is 6.54 Å². The molecule has 102 valence electrons. The molecule has 2 aromatic carbocycles. The number of hydrogen-bond donors (Lipinski definition) is 0. The van der Waals surface area contributed by atoms with E-state index in [1.807, 2.05) is 41.3 Å².